The molecule has 0 saturated carbocycles. The topological polar surface area (TPSA) is 9.23 Å². The van der Waals surface area contributed by atoms with E-state index in [1.807, 2.05) is 18.2 Å². The molecule has 0 fully saturated rings. The van der Waals surface area contributed by atoms with E-state index in [0.717, 1.165) is 12.2 Å². The molecule has 3 rings (SSSR count). The van der Waals surface area contributed by atoms with Crippen LogP contribution in [-0.4, -0.2) is 0 Å². The molecule has 0 aliphatic heterocycles. The van der Waals surface area contributed by atoms with E-state index in [1.165, 1.54) is 16.7 Å². The van der Waals surface area contributed by atoms with Crippen molar-refractivity contribution in [1.82, 2.24) is 0 Å². The van der Waals surface area contributed by atoms with Gasteiger partial charge < -0.3 is 4.74 Å². The molecule has 3 aromatic rings. The third-order valence-corrected chi connectivity index (χ3v) is 4.08. The van der Waals surface area contributed by atoms with Crippen LogP contribution in [0.4, 0.5) is 0 Å². The van der Waals surface area contributed by atoms with Crippen molar-refractivity contribution in [1.29, 1.82) is 0 Å². The lowest BCUT2D eigenvalue weighted by Gasteiger charge is -2.13. The van der Waals surface area contributed by atoms with E-state index in [1.54, 1.807) is 0 Å². The molecule has 0 heterocycles. The summed E-state index contributed by atoms with van der Waals surface area (Å²) in [6.07, 6.45) is 1.06. The Morgan fingerprint density at radius 2 is 1.26 bits per heavy atom. The number of rotatable bonds is 6. The summed E-state index contributed by atoms with van der Waals surface area (Å²) >= 11 is 0. The smallest absolute Gasteiger partial charge is 0.119 e. The second kappa shape index (κ2) is 7.64. The van der Waals surface area contributed by atoms with E-state index in [4.69, 9.17) is 4.74 Å². The second-order valence-electron chi connectivity index (χ2n) is 5.93. The summed E-state index contributed by atoms with van der Waals surface area (Å²) < 4.78 is 5.85. The second-order valence-corrected chi connectivity index (χ2v) is 5.93. The van der Waals surface area contributed by atoms with E-state index in [2.05, 4.69) is 73.7 Å². The SMILES string of the molecule is CC(Cc1ccccc1)c1ccc(OCc2ccccc2)cc1. The van der Waals surface area contributed by atoms with E-state index in [0.29, 0.717) is 12.5 Å². The molecule has 1 heteroatoms. The lowest BCUT2D eigenvalue weighted by Crippen LogP contribution is -1.99. The molecule has 0 spiro atoms. The van der Waals surface area contributed by atoms with Gasteiger partial charge in [0, 0.05) is 0 Å². The largest absolute Gasteiger partial charge is 0.489 e. The van der Waals surface area contributed by atoms with Crippen LogP contribution in [0.2, 0.25) is 0 Å². The van der Waals surface area contributed by atoms with Crippen molar-refractivity contribution < 1.29 is 4.74 Å². The Kier molecular flexibility index (Phi) is 5.10. The minimum atomic E-state index is 0.501. The first-order valence-corrected chi connectivity index (χ1v) is 8.12. The number of hydrogen-bond donors (Lipinski definition) is 0. The average molecular weight is 302 g/mol. The van der Waals surface area contributed by atoms with Gasteiger partial charge in [0.1, 0.15) is 12.4 Å². The molecule has 0 aromatic heterocycles. The van der Waals surface area contributed by atoms with Gasteiger partial charge in [-0.25, -0.2) is 0 Å². The maximum Gasteiger partial charge on any atom is 0.119 e. The van der Waals surface area contributed by atoms with E-state index in [-0.39, 0.29) is 0 Å². The Hall–Kier alpha value is -2.54. The molecule has 1 atom stereocenters. The van der Waals surface area contributed by atoms with Crippen molar-refractivity contribution in [2.45, 2.75) is 25.9 Å². The highest BCUT2D eigenvalue weighted by Gasteiger charge is 2.07. The minimum absolute atomic E-state index is 0.501. The van der Waals surface area contributed by atoms with Crippen molar-refractivity contribution in [3.05, 3.63) is 102 Å². The third kappa shape index (κ3) is 4.46. The van der Waals surface area contributed by atoms with Gasteiger partial charge in [-0.2, -0.15) is 0 Å². The summed E-state index contributed by atoms with van der Waals surface area (Å²) in [5, 5.41) is 0. The monoisotopic (exact) mass is 302 g/mol. The minimum Gasteiger partial charge on any atom is -0.489 e. The normalized spacial score (nSPS) is 11.9. The summed E-state index contributed by atoms with van der Waals surface area (Å²) in [7, 11) is 0. The quantitative estimate of drug-likeness (QED) is 0.575. The molecule has 116 valence electrons. The van der Waals surface area contributed by atoms with Crippen LogP contribution in [0.3, 0.4) is 0 Å². The zero-order valence-corrected chi connectivity index (χ0v) is 13.5. The van der Waals surface area contributed by atoms with Gasteiger partial charge in [0.25, 0.3) is 0 Å². The Morgan fingerprint density at radius 1 is 0.696 bits per heavy atom. The third-order valence-electron chi connectivity index (χ3n) is 4.08. The lowest BCUT2D eigenvalue weighted by molar-refractivity contribution is 0.306. The van der Waals surface area contributed by atoms with Gasteiger partial charge in [-0.15, -0.1) is 0 Å². The highest BCUT2D eigenvalue weighted by Crippen LogP contribution is 2.23. The molecule has 0 radical (unpaired) electrons. The van der Waals surface area contributed by atoms with Crippen molar-refractivity contribution in [2.75, 3.05) is 0 Å². The maximum atomic E-state index is 5.85. The zero-order chi connectivity index (χ0) is 15.9. The zero-order valence-electron chi connectivity index (χ0n) is 13.5. The van der Waals surface area contributed by atoms with Gasteiger partial charge >= 0.3 is 0 Å². The van der Waals surface area contributed by atoms with E-state index < -0.39 is 0 Å². The Bertz CT molecular complexity index is 702. The van der Waals surface area contributed by atoms with Crippen LogP contribution in [0, 0.1) is 0 Å². The van der Waals surface area contributed by atoms with Gasteiger partial charge in [0.05, 0.1) is 0 Å². The molecular formula is C22H22O. The van der Waals surface area contributed by atoms with Gasteiger partial charge in [-0.05, 0) is 41.2 Å². The van der Waals surface area contributed by atoms with Crippen LogP contribution in [0.15, 0.2) is 84.9 Å². The molecule has 3 aromatic carbocycles. The van der Waals surface area contributed by atoms with Crippen molar-refractivity contribution >= 4 is 0 Å². The first-order valence-electron chi connectivity index (χ1n) is 8.12. The Balaban J connectivity index is 1.58. The highest BCUT2D eigenvalue weighted by molar-refractivity contribution is 5.31. The van der Waals surface area contributed by atoms with Crippen LogP contribution >= 0.6 is 0 Å². The average Bonchev–Trinajstić information content (AvgIpc) is 2.62. The molecule has 0 amide bonds. The van der Waals surface area contributed by atoms with Gasteiger partial charge in [-0.3, -0.25) is 0 Å². The summed E-state index contributed by atoms with van der Waals surface area (Å²) in [6.45, 7) is 2.88. The first kappa shape index (κ1) is 15.4. The molecule has 1 nitrogen and oxygen atoms in total. The van der Waals surface area contributed by atoms with Crippen LogP contribution in [0.25, 0.3) is 0 Å². The van der Waals surface area contributed by atoms with Crippen LogP contribution in [-0.2, 0) is 13.0 Å². The van der Waals surface area contributed by atoms with Crippen LogP contribution in [0.5, 0.6) is 5.75 Å². The predicted octanol–water partition coefficient (Wildman–Crippen LogP) is 5.61. The Labute approximate surface area is 138 Å². The van der Waals surface area contributed by atoms with Crippen LogP contribution in [0.1, 0.15) is 29.5 Å². The van der Waals surface area contributed by atoms with Gasteiger partial charge in [0.2, 0.25) is 0 Å². The van der Waals surface area contributed by atoms with Crippen molar-refractivity contribution in [2.24, 2.45) is 0 Å². The summed E-state index contributed by atoms with van der Waals surface area (Å²) in [6, 6.07) is 29.4. The first-order chi connectivity index (χ1) is 11.3. The van der Waals surface area contributed by atoms with E-state index >= 15 is 0 Å². The van der Waals surface area contributed by atoms with Gasteiger partial charge in [-0.1, -0.05) is 79.7 Å². The Morgan fingerprint density at radius 3 is 1.87 bits per heavy atom. The number of hydrogen-bond acceptors (Lipinski definition) is 1. The molecule has 0 aliphatic carbocycles. The van der Waals surface area contributed by atoms with Crippen molar-refractivity contribution in [3.8, 4) is 5.75 Å². The summed E-state index contributed by atoms with van der Waals surface area (Å²) in [5.41, 5.74) is 3.92. The fourth-order valence-corrected chi connectivity index (χ4v) is 2.72. The standard InChI is InChI=1S/C22H22O/c1-18(16-19-8-4-2-5-9-19)21-12-14-22(15-13-21)23-17-20-10-6-3-7-11-20/h2-15,18H,16-17H2,1H3. The van der Waals surface area contributed by atoms with E-state index in [9.17, 15) is 0 Å². The molecular weight excluding hydrogens is 280 g/mol. The molecule has 23 heavy (non-hydrogen) atoms. The lowest BCUT2D eigenvalue weighted by atomic mass is 9.94. The molecule has 1 unspecified atom stereocenters. The number of benzene rings is 3. The molecule has 0 aliphatic rings. The van der Waals surface area contributed by atoms with Crippen LogP contribution < -0.4 is 4.74 Å². The van der Waals surface area contributed by atoms with Gasteiger partial charge in [0.15, 0.2) is 0 Å². The molecule has 0 saturated heterocycles. The summed E-state index contributed by atoms with van der Waals surface area (Å²) in [5.74, 6) is 1.42. The fourth-order valence-electron chi connectivity index (χ4n) is 2.72. The highest BCUT2D eigenvalue weighted by atomic mass is 16.5. The molecule has 0 bridgehead atoms. The van der Waals surface area contributed by atoms with Crippen molar-refractivity contribution in [3.63, 3.8) is 0 Å². The predicted molar refractivity (Wildman–Crippen MR) is 95.8 cm³/mol. The number of ether oxygens (including phenoxy) is 1. The fraction of sp³-hybridized carbons (Fsp3) is 0.182. The maximum absolute atomic E-state index is 5.85. The molecule has 0 N–H and O–H groups in total. The summed E-state index contributed by atoms with van der Waals surface area (Å²) in [4.78, 5) is 0.